The molecule has 1 aliphatic rings. The zero-order valence-corrected chi connectivity index (χ0v) is 7.08. The van der Waals surface area contributed by atoms with Gasteiger partial charge < -0.3 is 5.11 Å². The Morgan fingerprint density at radius 3 is 2.64 bits per heavy atom. The lowest BCUT2D eigenvalue weighted by Gasteiger charge is -2.38. The Kier molecular flexibility index (Phi) is 2.49. The molecule has 1 fully saturated rings. The van der Waals surface area contributed by atoms with E-state index in [4.69, 9.17) is 5.11 Å². The Hall–Kier alpha value is -0.570. The topological polar surface area (TPSA) is 40.5 Å². The van der Waals surface area contributed by atoms with Crippen molar-refractivity contribution in [1.29, 1.82) is 0 Å². The average Bonchev–Trinajstić information content (AvgIpc) is 1.78. The zero-order valence-electron chi connectivity index (χ0n) is 7.08. The molecular weight excluding hydrogens is 142 g/mol. The molecular formula is C8H15NO2. The van der Waals surface area contributed by atoms with Gasteiger partial charge >= 0.3 is 5.97 Å². The predicted octanol–water partition coefficient (Wildman–Crippen LogP) is 0.801. The van der Waals surface area contributed by atoms with Gasteiger partial charge in [0.25, 0.3) is 0 Å². The van der Waals surface area contributed by atoms with Gasteiger partial charge in [-0.05, 0) is 12.3 Å². The van der Waals surface area contributed by atoms with Crippen LogP contribution >= 0.6 is 0 Å². The number of likely N-dealkylation sites (tertiary alicyclic amines) is 1. The van der Waals surface area contributed by atoms with Crippen LogP contribution in [0.5, 0.6) is 0 Å². The van der Waals surface area contributed by atoms with E-state index < -0.39 is 5.97 Å². The molecule has 0 radical (unpaired) electrons. The van der Waals surface area contributed by atoms with Crippen LogP contribution in [0.3, 0.4) is 0 Å². The van der Waals surface area contributed by atoms with E-state index in [9.17, 15) is 4.79 Å². The minimum atomic E-state index is -0.670. The quantitative estimate of drug-likeness (QED) is 0.658. The van der Waals surface area contributed by atoms with Gasteiger partial charge in [-0.2, -0.15) is 0 Å². The van der Waals surface area contributed by atoms with Crippen LogP contribution in [0.25, 0.3) is 0 Å². The average molecular weight is 157 g/mol. The summed E-state index contributed by atoms with van der Waals surface area (Å²) < 4.78 is 0. The maximum Gasteiger partial charge on any atom is 0.320 e. The van der Waals surface area contributed by atoms with Gasteiger partial charge in [0.05, 0.1) is 0 Å². The molecule has 1 atom stereocenters. The molecule has 3 heteroatoms. The molecule has 64 valence electrons. The third-order valence-corrected chi connectivity index (χ3v) is 2.02. The molecule has 0 aliphatic carbocycles. The van der Waals surface area contributed by atoms with E-state index in [1.807, 2.05) is 4.90 Å². The van der Waals surface area contributed by atoms with Gasteiger partial charge in [-0.15, -0.1) is 0 Å². The van der Waals surface area contributed by atoms with Crippen molar-refractivity contribution in [2.45, 2.75) is 26.3 Å². The van der Waals surface area contributed by atoms with Crippen LogP contribution in [0.4, 0.5) is 0 Å². The molecule has 1 rings (SSSR count). The van der Waals surface area contributed by atoms with E-state index in [0.29, 0.717) is 5.92 Å². The molecule has 0 bridgehead atoms. The highest BCUT2D eigenvalue weighted by Gasteiger charge is 2.33. The monoisotopic (exact) mass is 157 g/mol. The molecule has 1 N–H and O–H groups in total. The van der Waals surface area contributed by atoms with Gasteiger partial charge in [-0.25, -0.2) is 0 Å². The minimum Gasteiger partial charge on any atom is -0.480 e. The Labute approximate surface area is 67.0 Å². The molecule has 3 nitrogen and oxygen atoms in total. The summed E-state index contributed by atoms with van der Waals surface area (Å²) in [6, 6.07) is -0.197. The van der Waals surface area contributed by atoms with Crippen molar-refractivity contribution >= 4 is 5.97 Å². The molecule has 0 spiro atoms. The van der Waals surface area contributed by atoms with Crippen LogP contribution in [0, 0.1) is 5.92 Å². The summed E-state index contributed by atoms with van der Waals surface area (Å²) in [4.78, 5) is 12.6. The summed E-state index contributed by atoms with van der Waals surface area (Å²) in [6.45, 7) is 6.08. The summed E-state index contributed by atoms with van der Waals surface area (Å²) >= 11 is 0. The fourth-order valence-corrected chi connectivity index (χ4v) is 1.41. The number of carboxylic acid groups (broad SMARTS) is 1. The first-order valence-electron chi connectivity index (χ1n) is 4.08. The lowest BCUT2D eigenvalue weighted by molar-refractivity contribution is -0.148. The maximum atomic E-state index is 10.5. The smallest absolute Gasteiger partial charge is 0.320 e. The first-order valence-corrected chi connectivity index (χ1v) is 4.08. The fraction of sp³-hybridized carbons (Fsp3) is 0.875. The van der Waals surface area contributed by atoms with Crippen LogP contribution in [-0.4, -0.2) is 35.1 Å². The lowest BCUT2D eigenvalue weighted by atomic mass is 10.0. The standard InChI is InChI=1S/C8H15NO2/c1-6(2)5-9-4-3-7(9)8(10)11/h6-7H,3-5H2,1-2H3,(H,10,11)/t7-/m1/s1. The third-order valence-electron chi connectivity index (χ3n) is 2.02. The molecule has 1 aliphatic heterocycles. The van der Waals surface area contributed by atoms with E-state index in [-0.39, 0.29) is 6.04 Å². The van der Waals surface area contributed by atoms with E-state index in [0.717, 1.165) is 19.5 Å². The number of nitrogens with zero attached hydrogens (tertiary/aromatic N) is 1. The SMILES string of the molecule is CC(C)CN1CC[C@@H]1C(=O)O. The van der Waals surface area contributed by atoms with Crippen molar-refractivity contribution in [1.82, 2.24) is 4.90 Å². The zero-order chi connectivity index (χ0) is 8.43. The second-order valence-electron chi connectivity index (χ2n) is 3.53. The number of hydrogen-bond donors (Lipinski definition) is 1. The molecule has 11 heavy (non-hydrogen) atoms. The van der Waals surface area contributed by atoms with E-state index in [1.54, 1.807) is 0 Å². The normalized spacial score (nSPS) is 25.2. The van der Waals surface area contributed by atoms with Gasteiger partial charge in [0.15, 0.2) is 0 Å². The predicted molar refractivity (Wildman–Crippen MR) is 42.5 cm³/mol. The summed E-state index contributed by atoms with van der Waals surface area (Å²) in [6.07, 6.45) is 0.821. The highest BCUT2D eigenvalue weighted by Crippen LogP contribution is 2.18. The maximum absolute atomic E-state index is 10.5. The second-order valence-corrected chi connectivity index (χ2v) is 3.53. The van der Waals surface area contributed by atoms with Crippen molar-refractivity contribution in [3.8, 4) is 0 Å². The summed E-state index contributed by atoms with van der Waals surface area (Å²) in [7, 11) is 0. The molecule has 0 amide bonds. The number of carboxylic acids is 1. The molecule has 1 saturated heterocycles. The molecule has 0 unspecified atom stereocenters. The van der Waals surface area contributed by atoms with Gasteiger partial charge in [-0.1, -0.05) is 13.8 Å². The van der Waals surface area contributed by atoms with Crippen molar-refractivity contribution in [3.63, 3.8) is 0 Å². The Morgan fingerprint density at radius 2 is 2.36 bits per heavy atom. The van der Waals surface area contributed by atoms with E-state index in [2.05, 4.69) is 13.8 Å². The first kappa shape index (κ1) is 8.53. The largest absolute Gasteiger partial charge is 0.480 e. The third kappa shape index (κ3) is 1.93. The van der Waals surface area contributed by atoms with Crippen LogP contribution in [0.2, 0.25) is 0 Å². The van der Waals surface area contributed by atoms with Crippen LogP contribution < -0.4 is 0 Å². The molecule has 0 saturated carbocycles. The summed E-state index contributed by atoms with van der Waals surface area (Å²) in [5.74, 6) is -0.103. The molecule has 0 aromatic heterocycles. The fourth-order valence-electron chi connectivity index (χ4n) is 1.41. The Morgan fingerprint density at radius 1 is 1.73 bits per heavy atom. The van der Waals surface area contributed by atoms with Gasteiger partial charge in [0.1, 0.15) is 6.04 Å². The number of rotatable bonds is 3. The van der Waals surface area contributed by atoms with Gasteiger partial charge in [0, 0.05) is 13.1 Å². The highest BCUT2D eigenvalue weighted by molar-refractivity contribution is 5.74. The first-order chi connectivity index (χ1) is 5.11. The number of aliphatic carboxylic acids is 1. The Balaban J connectivity index is 2.31. The van der Waals surface area contributed by atoms with Gasteiger partial charge in [-0.3, -0.25) is 9.69 Å². The summed E-state index contributed by atoms with van der Waals surface area (Å²) in [5.41, 5.74) is 0. The summed E-state index contributed by atoms with van der Waals surface area (Å²) in [5, 5.41) is 8.67. The number of carbonyl (C=O) groups is 1. The highest BCUT2D eigenvalue weighted by atomic mass is 16.4. The van der Waals surface area contributed by atoms with Gasteiger partial charge in [0.2, 0.25) is 0 Å². The van der Waals surface area contributed by atoms with Crippen molar-refractivity contribution < 1.29 is 9.90 Å². The van der Waals surface area contributed by atoms with Crippen LogP contribution in [0.15, 0.2) is 0 Å². The lowest BCUT2D eigenvalue weighted by Crippen LogP contribution is -2.53. The Bertz CT molecular complexity index is 156. The number of hydrogen-bond acceptors (Lipinski definition) is 2. The molecule has 1 heterocycles. The van der Waals surface area contributed by atoms with E-state index in [1.165, 1.54) is 0 Å². The van der Waals surface area contributed by atoms with Crippen molar-refractivity contribution in [3.05, 3.63) is 0 Å². The van der Waals surface area contributed by atoms with Crippen LogP contribution in [-0.2, 0) is 4.79 Å². The second kappa shape index (κ2) is 3.22. The minimum absolute atomic E-state index is 0.197. The molecule has 0 aromatic rings. The van der Waals surface area contributed by atoms with E-state index >= 15 is 0 Å². The molecule has 0 aromatic carbocycles. The van der Waals surface area contributed by atoms with Crippen molar-refractivity contribution in [2.75, 3.05) is 13.1 Å². The van der Waals surface area contributed by atoms with Crippen molar-refractivity contribution in [2.24, 2.45) is 5.92 Å². The van der Waals surface area contributed by atoms with Crippen LogP contribution in [0.1, 0.15) is 20.3 Å².